The fraction of sp³-hybridized carbons (Fsp3) is 0. The van der Waals surface area contributed by atoms with E-state index in [1.54, 1.807) is 34.0 Å². The van der Waals surface area contributed by atoms with E-state index in [0.29, 0.717) is 0 Å². The molecule has 0 radical (unpaired) electrons. The van der Waals surface area contributed by atoms with E-state index in [-0.39, 0.29) is 0 Å². The lowest BCUT2D eigenvalue weighted by atomic mass is 10.1. The van der Waals surface area contributed by atoms with Gasteiger partial charge in [-0.1, -0.05) is 0 Å². The first-order valence-corrected chi connectivity index (χ1v) is 10.8. The lowest BCUT2D eigenvalue weighted by Crippen LogP contribution is -1.71. The molecule has 1 aromatic carbocycles. The number of hydrogen-bond donors (Lipinski definition) is 0. The number of hydrogen-bond acceptors (Lipinski definition) is 3. The summed E-state index contributed by atoms with van der Waals surface area (Å²) < 4.78 is 7.44. The van der Waals surface area contributed by atoms with Gasteiger partial charge in [0.05, 0.1) is 24.5 Å². The van der Waals surface area contributed by atoms with Crippen LogP contribution in [0.25, 0.3) is 30.9 Å². The summed E-state index contributed by atoms with van der Waals surface area (Å²) in [7, 11) is 0. The minimum Gasteiger partial charge on any atom is -0.127 e. The van der Waals surface area contributed by atoms with Gasteiger partial charge in [-0.3, -0.25) is 0 Å². The molecule has 4 aromatic rings. The average Bonchev–Trinajstić information content (AvgIpc) is 2.94. The van der Waals surface area contributed by atoms with Crippen molar-refractivity contribution in [3.05, 3.63) is 27.3 Å². The molecule has 3 heterocycles. The van der Waals surface area contributed by atoms with E-state index in [2.05, 4.69) is 75.9 Å². The highest BCUT2D eigenvalue weighted by Crippen LogP contribution is 2.51. The van der Waals surface area contributed by atoms with Crippen LogP contribution in [0.2, 0.25) is 0 Å². The van der Waals surface area contributed by atoms with Gasteiger partial charge in [-0.05, 0) is 75.9 Å². The fourth-order valence-electron chi connectivity index (χ4n) is 2.29. The molecular formula is C12H2Br4S3. The van der Waals surface area contributed by atoms with Crippen LogP contribution in [0.4, 0.5) is 0 Å². The van der Waals surface area contributed by atoms with Crippen molar-refractivity contribution in [2.24, 2.45) is 0 Å². The van der Waals surface area contributed by atoms with Crippen LogP contribution in [0.5, 0.6) is 0 Å². The van der Waals surface area contributed by atoms with Crippen molar-refractivity contribution in [2.45, 2.75) is 0 Å². The second kappa shape index (κ2) is 4.76. The van der Waals surface area contributed by atoms with Crippen molar-refractivity contribution < 1.29 is 0 Å². The van der Waals surface area contributed by atoms with Gasteiger partial charge in [-0.2, -0.15) is 0 Å². The zero-order valence-electron chi connectivity index (χ0n) is 8.89. The van der Waals surface area contributed by atoms with Crippen LogP contribution in [0.3, 0.4) is 0 Å². The van der Waals surface area contributed by atoms with Crippen LogP contribution in [0.1, 0.15) is 0 Å². The molecule has 0 unspecified atom stereocenters. The second-order valence-electron chi connectivity index (χ2n) is 3.99. The molecule has 19 heavy (non-hydrogen) atoms. The Labute approximate surface area is 154 Å². The molecule has 0 aliphatic heterocycles. The van der Waals surface area contributed by atoms with Crippen LogP contribution >= 0.6 is 97.7 Å². The van der Waals surface area contributed by atoms with Gasteiger partial charge in [0.25, 0.3) is 0 Å². The van der Waals surface area contributed by atoms with Crippen molar-refractivity contribution >= 4 is 129 Å². The summed E-state index contributed by atoms with van der Waals surface area (Å²) in [5, 5.41) is 5.27. The maximum absolute atomic E-state index is 3.71. The van der Waals surface area contributed by atoms with E-state index in [1.165, 1.54) is 46.1 Å². The number of rotatable bonds is 0. The average molecular weight is 562 g/mol. The Morgan fingerprint density at radius 3 is 1.47 bits per heavy atom. The van der Waals surface area contributed by atoms with Crippen LogP contribution in [0.15, 0.2) is 27.3 Å². The Hall–Kier alpha value is 1.02. The molecule has 4 rings (SSSR count). The Bertz CT molecular complexity index is 884. The molecular weight excluding hydrogens is 560 g/mol. The number of halogens is 4. The van der Waals surface area contributed by atoms with Crippen LogP contribution < -0.4 is 0 Å². The number of benzene rings is 1. The molecule has 0 atom stereocenters. The minimum absolute atomic E-state index is 1.18. The van der Waals surface area contributed by atoms with Gasteiger partial charge in [-0.25, -0.2) is 0 Å². The second-order valence-corrected chi connectivity index (χ2v) is 12.5. The predicted molar refractivity (Wildman–Crippen MR) is 103 cm³/mol. The van der Waals surface area contributed by atoms with Crippen molar-refractivity contribution in [1.82, 2.24) is 0 Å². The predicted octanol–water partition coefficient (Wildman–Crippen LogP) is 8.38. The van der Waals surface area contributed by atoms with Gasteiger partial charge >= 0.3 is 0 Å². The first-order chi connectivity index (χ1) is 9.06. The lowest BCUT2D eigenvalue weighted by molar-refractivity contribution is 2.03. The minimum atomic E-state index is 1.18. The van der Waals surface area contributed by atoms with Crippen molar-refractivity contribution in [3.63, 3.8) is 0 Å². The Balaban J connectivity index is 2.47. The lowest BCUT2D eigenvalue weighted by Gasteiger charge is -1.98. The summed E-state index contributed by atoms with van der Waals surface area (Å²) in [6.45, 7) is 0. The molecule has 0 aliphatic carbocycles. The summed E-state index contributed by atoms with van der Waals surface area (Å²) in [6.07, 6.45) is 0. The van der Waals surface area contributed by atoms with E-state index >= 15 is 0 Å². The third kappa shape index (κ3) is 1.96. The number of fused-ring (bicyclic) bond motifs is 6. The highest BCUT2D eigenvalue weighted by atomic mass is 79.9. The standard InChI is InChI=1S/C12H2Br4S3/c13-5-1-3-7-8(12(16)19-11(7)15)4-2-6(14)18-10(4)9(3)17-5/h1-2H. The van der Waals surface area contributed by atoms with Crippen molar-refractivity contribution in [2.75, 3.05) is 0 Å². The van der Waals surface area contributed by atoms with Gasteiger partial charge in [0.1, 0.15) is 0 Å². The molecule has 3 aromatic heterocycles. The summed E-state index contributed by atoms with van der Waals surface area (Å²) in [5.74, 6) is 0. The first kappa shape index (κ1) is 13.7. The largest absolute Gasteiger partial charge is 0.127 e. The Kier molecular flexibility index (Phi) is 3.42. The molecule has 7 heteroatoms. The highest BCUT2D eigenvalue weighted by molar-refractivity contribution is 9.12. The molecule has 0 saturated carbocycles. The molecule has 0 bridgehead atoms. The van der Waals surface area contributed by atoms with E-state index in [1.807, 2.05) is 0 Å². The van der Waals surface area contributed by atoms with Gasteiger partial charge in [-0.15, -0.1) is 34.0 Å². The fourth-order valence-corrected chi connectivity index (χ4v) is 8.89. The summed E-state index contributed by atoms with van der Waals surface area (Å²) in [4.78, 5) is 0. The zero-order chi connectivity index (χ0) is 13.3. The van der Waals surface area contributed by atoms with Crippen LogP contribution in [-0.4, -0.2) is 0 Å². The quantitative estimate of drug-likeness (QED) is 0.202. The Morgan fingerprint density at radius 2 is 1.05 bits per heavy atom. The summed E-state index contributed by atoms with van der Waals surface area (Å²) >= 11 is 20.0. The normalized spacial score (nSPS) is 12.2. The zero-order valence-corrected chi connectivity index (χ0v) is 17.7. The SMILES string of the molecule is Brc1cc2c(s1)c1sc(Br)cc1c1c(Br)sc(Br)c21. The molecule has 0 nitrogen and oxygen atoms in total. The van der Waals surface area contributed by atoms with Gasteiger partial charge < -0.3 is 0 Å². The van der Waals surface area contributed by atoms with Crippen LogP contribution in [-0.2, 0) is 0 Å². The molecule has 0 amide bonds. The smallest absolute Gasteiger partial charge is 0.0795 e. The maximum atomic E-state index is 3.71. The molecule has 96 valence electrons. The van der Waals surface area contributed by atoms with Gasteiger partial charge in [0, 0.05) is 21.5 Å². The van der Waals surface area contributed by atoms with E-state index in [0.717, 1.165) is 0 Å². The van der Waals surface area contributed by atoms with Crippen LogP contribution in [0, 0.1) is 0 Å². The van der Waals surface area contributed by atoms with E-state index in [9.17, 15) is 0 Å². The van der Waals surface area contributed by atoms with Gasteiger partial charge in [0.15, 0.2) is 0 Å². The van der Waals surface area contributed by atoms with E-state index < -0.39 is 0 Å². The molecule has 0 fully saturated rings. The van der Waals surface area contributed by atoms with Gasteiger partial charge in [0.2, 0.25) is 0 Å². The molecule has 0 aliphatic rings. The topological polar surface area (TPSA) is 0 Å². The Morgan fingerprint density at radius 1 is 0.632 bits per heavy atom. The maximum Gasteiger partial charge on any atom is 0.0795 e. The highest BCUT2D eigenvalue weighted by Gasteiger charge is 2.19. The monoisotopic (exact) mass is 558 g/mol. The first-order valence-electron chi connectivity index (χ1n) is 5.14. The number of thiophene rings is 3. The molecule has 0 spiro atoms. The third-order valence-corrected chi connectivity index (χ3v) is 8.94. The molecule has 0 saturated heterocycles. The third-order valence-electron chi connectivity index (χ3n) is 2.97. The summed E-state index contributed by atoms with van der Waals surface area (Å²) in [6, 6.07) is 4.44. The molecule has 0 N–H and O–H groups in total. The summed E-state index contributed by atoms with van der Waals surface area (Å²) in [5.41, 5.74) is 0. The van der Waals surface area contributed by atoms with E-state index in [4.69, 9.17) is 0 Å². The van der Waals surface area contributed by atoms with Crippen molar-refractivity contribution in [1.29, 1.82) is 0 Å². The van der Waals surface area contributed by atoms with Crippen molar-refractivity contribution in [3.8, 4) is 0 Å².